The topological polar surface area (TPSA) is 85.7 Å². The van der Waals surface area contributed by atoms with Crippen LogP contribution in [-0.2, 0) is 9.84 Å². The quantitative estimate of drug-likeness (QED) is 0.777. The summed E-state index contributed by atoms with van der Waals surface area (Å²) in [7, 11) is -3.44. The van der Waals surface area contributed by atoms with Crippen molar-refractivity contribution >= 4 is 9.84 Å². The Hall–Kier alpha value is -1.89. The minimum atomic E-state index is -3.44. The molecule has 0 aliphatic carbocycles. The molecule has 0 spiro atoms. The zero-order valence-electron chi connectivity index (χ0n) is 9.32. The van der Waals surface area contributed by atoms with Gasteiger partial charge in [0.1, 0.15) is 0 Å². The second-order valence-electron chi connectivity index (χ2n) is 3.58. The molecule has 0 saturated heterocycles. The van der Waals surface area contributed by atoms with Crippen molar-refractivity contribution in [3.8, 4) is 11.3 Å². The Morgan fingerprint density at radius 1 is 1.29 bits per heavy atom. The molecule has 6 nitrogen and oxygen atoms in total. The van der Waals surface area contributed by atoms with Crippen LogP contribution in [0, 0.1) is 6.92 Å². The number of sulfone groups is 1. The third-order valence-electron chi connectivity index (χ3n) is 2.06. The van der Waals surface area contributed by atoms with Crippen LogP contribution in [0.4, 0.5) is 0 Å². The molecule has 0 radical (unpaired) electrons. The lowest BCUT2D eigenvalue weighted by molar-refractivity contribution is 0.589. The first-order valence-corrected chi connectivity index (χ1v) is 6.69. The van der Waals surface area contributed by atoms with E-state index in [9.17, 15) is 8.42 Å². The van der Waals surface area contributed by atoms with E-state index in [1.165, 1.54) is 6.20 Å². The van der Waals surface area contributed by atoms with Gasteiger partial charge in [-0.2, -0.15) is 5.10 Å². The first-order valence-electron chi connectivity index (χ1n) is 4.79. The van der Waals surface area contributed by atoms with Crippen LogP contribution in [0.5, 0.6) is 0 Å². The molecule has 0 atom stereocenters. The summed E-state index contributed by atoms with van der Waals surface area (Å²) in [5, 5.41) is 6.87. The summed E-state index contributed by atoms with van der Waals surface area (Å²) < 4.78 is 22.6. The number of aryl methyl sites for hydroxylation is 1. The maximum atomic E-state index is 11.3. The maximum Gasteiger partial charge on any atom is 0.267 e. The van der Waals surface area contributed by atoms with Gasteiger partial charge in [0.25, 0.3) is 5.16 Å². The van der Waals surface area contributed by atoms with Crippen LogP contribution < -0.4 is 0 Å². The third-order valence-corrected chi connectivity index (χ3v) is 2.90. The van der Waals surface area contributed by atoms with Gasteiger partial charge in [-0.1, -0.05) is 0 Å². The Morgan fingerprint density at radius 3 is 2.71 bits per heavy atom. The van der Waals surface area contributed by atoms with Gasteiger partial charge in [0, 0.05) is 23.7 Å². The van der Waals surface area contributed by atoms with Gasteiger partial charge in [0.05, 0.1) is 11.9 Å². The molecule has 0 saturated carbocycles. The largest absolute Gasteiger partial charge is 0.267 e. The van der Waals surface area contributed by atoms with Crippen molar-refractivity contribution in [2.45, 2.75) is 12.1 Å². The van der Waals surface area contributed by atoms with E-state index >= 15 is 0 Å². The van der Waals surface area contributed by atoms with E-state index in [4.69, 9.17) is 0 Å². The minimum Gasteiger partial charge on any atom is -0.262 e. The molecule has 7 heteroatoms. The fourth-order valence-corrected chi connectivity index (χ4v) is 1.75. The summed E-state index contributed by atoms with van der Waals surface area (Å²) in [5.41, 5.74) is 2.05. The van der Waals surface area contributed by atoms with Crippen molar-refractivity contribution < 1.29 is 8.42 Å². The highest BCUT2D eigenvalue weighted by Gasteiger charge is 2.13. The van der Waals surface area contributed by atoms with E-state index in [0.29, 0.717) is 5.69 Å². The van der Waals surface area contributed by atoms with Crippen LogP contribution in [0.3, 0.4) is 0 Å². The van der Waals surface area contributed by atoms with Crippen molar-refractivity contribution in [1.29, 1.82) is 0 Å². The highest BCUT2D eigenvalue weighted by molar-refractivity contribution is 7.90. The smallest absolute Gasteiger partial charge is 0.262 e. The lowest BCUT2D eigenvalue weighted by Gasteiger charge is -2.02. The standard InChI is InChI=1S/C10H10N4O2S/c1-7-5-8(3-4-11-7)9-6-12-14-10(13-9)17(2,15)16/h3-6H,1-2H3. The van der Waals surface area contributed by atoms with E-state index in [2.05, 4.69) is 20.2 Å². The van der Waals surface area contributed by atoms with Gasteiger partial charge in [-0.05, 0) is 19.1 Å². The van der Waals surface area contributed by atoms with Gasteiger partial charge in [-0.15, -0.1) is 5.10 Å². The molecule has 2 aromatic heterocycles. The third kappa shape index (κ3) is 2.62. The van der Waals surface area contributed by atoms with E-state index < -0.39 is 9.84 Å². The highest BCUT2D eigenvalue weighted by atomic mass is 32.2. The predicted octanol–water partition coefficient (Wildman–Crippen LogP) is 0.646. The lowest BCUT2D eigenvalue weighted by atomic mass is 10.2. The van der Waals surface area contributed by atoms with Crippen LogP contribution in [0.15, 0.2) is 29.7 Å². The van der Waals surface area contributed by atoms with Crippen molar-refractivity contribution in [3.05, 3.63) is 30.2 Å². The van der Waals surface area contributed by atoms with Gasteiger partial charge >= 0.3 is 0 Å². The Bertz CT molecular complexity index is 655. The zero-order valence-corrected chi connectivity index (χ0v) is 10.1. The van der Waals surface area contributed by atoms with Gasteiger partial charge in [0.15, 0.2) is 0 Å². The first-order chi connectivity index (χ1) is 7.97. The number of pyridine rings is 1. The average molecular weight is 250 g/mol. The lowest BCUT2D eigenvalue weighted by Crippen LogP contribution is -2.06. The Morgan fingerprint density at radius 2 is 2.06 bits per heavy atom. The number of hydrogen-bond donors (Lipinski definition) is 0. The monoisotopic (exact) mass is 250 g/mol. The molecule has 2 heterocycles. The van der Waals surface area contributed by atoms with Crippen LogP contribution in [-0.4, -0.2) is 34.8 Å². The Balaban J connectivity index is 2.54. The molecule has 0 amide bonds. The molecule has 0 bridgehead atoms. The summed E-state index contributed by atoms with van der Waals surface area (Å²) in [6, 6.07) is 3.54. The van der Waals surface area contributed by atoms with E-state index in [0.717, 1.165) is 17.5 Å². The molecule has 0 aliphatic heterocycles. The summed E-state index contributed by atoms with van der Waals surface area (Å²) >= 11 is 0. The average Bonchev–Trinajstić information content (AvgIpc) is 2.28. The summed E-state index contributed by atoms with van der Waals surface area (Å²) in [4.78, 5) is 8.02. The fraction of sp³-hybridized carbons (Fsp3) is 0.200. The molecule has 0 fully saturated rings. The van der Waals surface area contributed by atoms with Gasteiger partial charge in [-0.3, -0.25) is 4.98 Å². The summed E-state index contributed by atoms with van der Waals surface area (Å²) in [5.74, 6) is 0. The van der Waals surface area contributed by atoms with Crippen molar-refractivity contribution in [1.82, 2.24) is 20.2 Å². The molecular formula is C10H10N4O2S. The number of hydrogen-bond acceptors (Lipinski definition) is 6. The molecule has 0 unspecified atom stereocenters. The van der Waals surface area contributed by atoms with Gasteiger partial charge in [0.2, 0.25) is 9.84 Å². The highest BCUT2D eigenvalue weighted by Crippen LogP contribution is 2.16. The minimum absolute atomic E-state index is 0.274. The van der Waals surface area contributed by atoms with Crippen LogP contribution in [0.2, 0.25) is 0 Å². The fourth-order valence-electron chi connectivity index (χ4n) is 1.29. The summed E-state index contributed by atoms with van der Waals surface area (Å²) in [6.45, 7) is 1.84. The van der Waals surface area contributed by atoms with E-state index in [-0.39, 0.29) is 5.16 Å². The van der Waals surface area contributed by atoms with Crippen molar-refractivity contribution in [2.24, 2.45) is 0 Å². The van der Waals surface area contributed by atoms with Gasteiger partial charge in [-0.25, -0.2) is 13.4 Å². The Kier molecular flexibility index (Phi) is 2.84. The van der Waals surface area contributed by atoms with Gasteiger partial charge < -0.3 is 0 Å². The maximum absolute atomic E-state index is 11.3. The molecule has 2 rings (SSSR count). The second-order valence-corrected chi connectivity index (χ2v) is 5.49. The number of aromatic nitrogens is 4. The molecule has 88 valence electrons. The van der Waals surface area contributed by atoms with Crippen LogP contribution in [0.1, 0.15) is 5.69 Å². The molecule has 17 heavy (non-hydrogen) atoms. The predicted molar refractivity (Wildman–Crippen MR) is 60.9 cm³/mol. The number of nitrogens with zero attached hydrogens (tertiary/aromatic N) is 4. The Labute approximate surface area is 98.7 Å². The van der Waals surface area contributed by atoms with Crippen LogP contribution in [0.25, 0.3) is 11.3 Å². The summed E-state index contributed by atoms with van der Waals surface area (Å²) in [6.07, 6.45) is 4.10. The van der Waals surface area contributed by atoms with Crippen molar-refractivity contribution in [3.63, 3.8) is 0 Å². The molecule has 0 N–H and O–H groups in total. The first kappa shape index (κ1) is 11.6. The number of rotatable bonds is 2. The molecular weight excluding hydrogens is 240 g/mol. The molecule has 2 aromatic rings. The normalized spacial score (nSPS) is 11.4. The molecule has 0 aliphatic rings. The van der Waals surface area contributed by atoms with Crippen molar-refractivity contribution in [2.75, 3.05) is 6.26 Å². The SMILES string of the molecule is Cc1cc(-c2cnnc(S(C)(=O)=O)n2)ccn1. The van der Waals surface area contributed by atoms with E-state index in [1.807, 2.05) is 6.92 Å². The van der Waals surface area contributed by atoms with Crippen LogP contribution >= 0.6 is 0 Å². The van der Waals surface area contributed by atoms with E-state index in [1.54, 1.807) is 18.3 Å². The molecule has 0 aromatic carbocycles. The second kappa shape index (κ2) is 4.17. The zero-order chi connectivity index (χ0) is 12.5.